The third kappa shape index (κ3) is 3.45. The summed E-state index contributed by atoms with van der Waals surface area (Å²) in [4.78, 5) is 12.3. The van der Waals surface area contributed by atoms with E-state index in [4.69, 9.17) is 9.26 Å². The molecular formula is C21H24N4O2. The van der Waals surface area contributed by atoms with Gasteiger partial charge in [-0.1, -0.05) is 31.5 Å². The average Bonchev–Trinajstić information content (AvgIpc) is 3.31. The maximum Gasteiger partial charge on any atom is 0.276 e. The lowest BCUT2D eigenvalue weighted by atomic mass is 10.1. The standard InChI is InChI=1S/C21H24N4O2/c1-4-6-9-26-13(3)14-7-8-17-15(10-14)16-11-18(22-12-19(16)23-17)21-24-20(5-2)25-27-21/h7-8,10-13,23H,4-6,9H2,1-3H3. The molecule has 0 aliphatic heterocycles. The first kappa shape index (κ1) is 17.7. The minimum atomic E-state index is 0.0651. The van der Waals surface area contributed by atoms with E-state index in [0.717, 1.165) is 47.7 Å². The molecule has 0 saturated carbocycles. The van der Waals surface area contributed by atoms with E-state index in [1.165, 1.54) is 5.56 Å². The van der Waals surface area contributed by atoms with Gasteiger partial charge in [-0.2, -0.15) is 4.98 Å². The van der Waals surface area contributed by atoms with Gasteiger partial charge in [0.1, 0.15) is 5.69 Å². The molecular weight excluding hydrogens is 340 g/mol. The van der Waals surface area contributed by atoms with Crippen molar-refractivity contribution < 1.29 is 9.26 Å². The molecule has 0 amide bonds. The van der Waals surface area contributed by atoms with Crippen molar-refractivity contribution >= 4 is 21.8 Å². The van der Waals surface area contributed by atoms with Crippen LogP contribution in [-0.2, 0) is 11.2 Å². The lowest BCUT2D eigenvalue weighted by Gasteiger charge is -2.13. The molecule has 0 saturated heterocycles. The van der Waals surface area contributed by atoms with Gasteiger partial charge in [-0.05, 0) is 37.1 Å². The van der Waals surface area contributed by atoms with Gasteiger partial charge in [0.05, 0.1) is 17.8 Å². The Hall–Kier alpha value is -2.73. The highest BCUT2D eigenvalue weighted by Crippen LogP contribution is 2.30. The summed E-state index contributed by atoms with van der Waals surface area (Å²) in [6.07, 6.45) is 4.84. The van der Waals surface area contributed by atoms with Crippen molar-refractivity contribution in [1.82, 2.24) is 20.1 Å². The SMILES string of the molecule is CCCCOC(C)c1ccc2[nH]c3cnc(-c4nc(CC)no4)cc3c2c1. The Kier molecular flexibility index (Phi) is 4.90. The number of H-pyrrole nitrogens is 1. The second-order valence-corrected chi connectivity index (χ2v) is 6.78. The van der Waals surface area contributed by atoms with E-state index in [2.05, 4.69) is 52.2 Å². The Morgan fingerprint density at radius 1 is 1.15 bits per heavy atom. The van der Waals surface area contributed by atoms with Crippen LogP contribution < -0.4 is 0 Å². The van der Waals surface area contributed by atoms with Crippen LogP contribution in [0.25, 0.3) is 33.4 Å². The average molecular weight is 364 g/mol. The smallest absolute Gasteiger partial charge is 0.276 e. The number of benzene rings is 1. The van der Waals surface area contributed by atoms with Crippen molar-refractivity contribution in [3.05, 3.63) is 41.9 Å². The summed E-state index contributed by atoms with van der Waals surface area (Å²) in [6.45, 7) is 7.05. The van der Waals surface area contributed by atoms with Crippen LogP contribution in [0, 0.1) is 0 Å². The highest BCUT2D eigenvalue weighted by atomic mass is 16.5. The van der Waals surface area contributed by atoms with Crippen LogP contribution in [0.3, 0.4) is 0 Å². The maximum atomic E-state index is 5.96. The first-order valence-corrected chi connectivity index (χ1v) is 9.55. The molecule has 0 radical (unpaired) electrons. The van der Waals surface area contributed by atoms with E-state index in [1.807, 2.05) is 19.2 Å². The molecule has 140 valence electrons. The van der Waals surface area contributed by atoms with Crippen LogP contribution in [0.1, 0.15) is 51.1 Å². The summed E-state index contributed by atoms with van der Waals surface area (Å²) < 4.78 is 11.3. The second-order valence-electron chi connectivity index (χ2n) is 6.78. The van der Waals surface area contributed by atoms with Crippen LogP contribution in [0.5, 0.6) is 0 Å². The van der Waals surface area contributed by atoms with Gasteiger partial charge in [-0.3, -0.25) is 0 Å². The number of aromatic amines is 1. The molecule has 6 heteroatoms. The molecule has 4 rings (SSSR count). The van der Waals surface area contributed by atoms with Crippen LogP contribution in [0.15, 0.2) is 35.0 Å². The summed E-state index contributed by atoms with van der Waals surface area (Å²) in [7, 11) is 0. The topological polar surface area (TPSA) is 76.8 Å². The van der Waals surface area contributed by atoms with Crippen molar-refractivity contribution in [1.29, 1.82) is 0 Å². The Morgan fingerprint density at radius 2 is 2.00 bits per heavy atom. The fourth-order valence-electron chi connectivity index (χ4n) is 3.19. The molecule has 3 aromatic heterocycles. The van der Waals surface area contributed by atoms with Crippen LogP contribution in [0.2, 0.25) is 0 Å². The lowest BCUT2D eigenvalue weighted by molar-refractivity contribution is 0.0638. The number of pyridine rings is 1. The zero-order valence-electron chi connectivity index (χ0n) is 16.0. The Labute approximate surface area is 157 Å². The number of fused-ring (bicyclic) bond motifs is 3. The number of nitrogens with one attached hydrogen (secondary N) is 1. The zero-order chi connectivity index (χ0) is 18.8. The molecule has 1 aromatic carbocycles. The Morgan fingerprint density at radius 3 is 2.78 bits per heavy atom. The first-order valence-electron chi connectivity index (χ1n) is 9.55. The molecule has 1 unspecified atom stereocenters. The van der Waals surface area contributed by atoms with Crippen LogP contribution in [-0.4, -0.2) is 26.7 Å². The molecule has 0 bridgehead atoms. The number of rotatable bonds is 7. The maximum absolute atomic E-state index is 5.96. The minimum Gasteiger partial charge on any atom is -0.374 e. The number of unbranched alkanes of at least 4 members (excludes halogenated alkanes) is 1. The van der Waals surface area contributed by atoms with Gasteiger partial charge in [0.15, 0.2) is 5.82 Å². The summed E-state index contributed by atoms with van der Waals surface area (Å²) in [5, 5.41) is 6.20. The fraction of sp³-hybridized carbons (Fsp3) is 0.381. The van der Waals surface area contributed by atoms with E-state index in [9.17, 15) is 0 Å². The highest BCUT2D eigenvalue weighted by Gasteiger charge is 2.14. The first-order chi connectivity index (χ1) is 13.2. The third-order valence-corrected chi connectivity index (χ3v) is 4.85. The second kappa shape index (κ2) is 7.48. The molecule has 1 atom stereocenters. The van der Waals surface area contributed by atoms with E-state index >= 15 is 0 Å². The summed E-state index contributed by atoms with van der Waals surface area (Å²) in [5.41, 5.74) is 3.92. The molecule has 1 N–H and O–H groups in total. The van der Waals surface area contributed by atoms with E-state index in [0.29, 0.717) is 17.4 Å². The van der Waals surface area contributed by atoms with Crippen LogP contribution >= 0.6 is 0 Å². The monoisotopic (exact) mass is 364 g/mol. The Balaban J connectivity index is 1.72. The quantitative estimate of drug-likeness (QED) is 0.456. The summed E-state index contributed by atoms with van der Waals surface area (Å²) >= 11 is 0. The number of aryl methyl sites for hydroxylation is 1. The van der Waals surface area contributed by atoms with Gasteiger partial charge in [-0.15, -0.1) is 0 Å². The lowest BCUT2D eigenvalue weighted by Crippen LogP contribution is -2.01. The van der Waals surface area contributed by atoms with E-state index in [-0.39, 0.29) is 6.10 Å². The molecule has 0 aliphatic carbocycles. The van der Waals surface area contributed by atoms with Crippen molar-refractivity contribution in [3.63, 3.8) is 0 Å². The molecule has 0 spiro atoms. The largest absolute Gasteiger partial charge is 0.374 e. The van der Waals surface area contributed by atoms with Crippen molar-refractivity contribution in [2.24, 2.45) is 0 Å². The number of hydrogen-bond donors (Lipinski definition) is 1. The molecule has 0 aliphatic rings. The summed E-state index contributed by atoms with van der Waals surface area (Å²) in [5.74, 6) is 1.14. The fourth-order valence-corrected chi connectivity index (χ4v) is 3.19. The van der Waals surface area contributed by atoms with Gasteiger partial charge >= 0.3 is 0 Å². The Bertz CT molecular complexity index is 1070. The van der Waals surface area contributed by atoms with E-state index < -0.39 is 0 Å². The normalized spacial score (nSPS) is 12.9. The number of ether oxygens (including phenoxy) is 1. The van der Waals surface area contributed by atoms with E-state index in [1.54, 1.807) is 0 Å². The molecule has 0 fully saturated rings. The minimum absolute atomic E-state index is 0.0651. The number of hydrogen-bond acceptors (Lipinski definition) is 5. The van der Waals surface area contributed by atoms with Crippen molar-refractivity contribution in [2.45, 2.75) is 46.1 Å². The predicted octanol–water partition coefficient (Wildman–Crippen LogP) is 5.21. The predicted molar refractivity (Wildman–Crippen MR) is 106 cm³/mol. The van der Waals surface area contributed by atoms with Crippen molar-refractivity contribution in [3.8, 4) is 11.6 Å². The third-order valence-electron chi connectivity index (χ3n) is 4.85. The zero-order valence-corrected chi connectivity index (χ0v) is 16.0. The molecule has 6 nitrogen and oxygen atoms in total. The number of aromatic nitrogens is 4. The molecule has 27 heavy (non-hydrogen) atoms. The van der Waals surface area contributed by atoms with Gasteiger partial charge in [0.2, 0.25) is 0 Å². The molecule has 3 heterocycles. The highest BCUT2D eigenvalue weighted by molar-refractivity contribution is 6.08. The summed E-state index contributed by atoms with van der Waals surface area (Å²) in [6, 6.07) is 8.42. The van der Waals surface area contributed by atoms with Gasteiger partial charge in [-0.25, -0.2) is 4.98 Å². The van der Waals surface area contributed by atoms with Crippen molar-refractivity contribution in [2.75, 3.05) is 6.61 Å². The van der Waals surface area contributed by atoms with Gasteiger partial charge in [0, 0.05) is 29.3 Å². The van der Waals surface area contributed by atoms with Gasteiger partial charge < -0.3 is 14.2 Å². The van der Waals surface area contributed by atoms with Crippen LogP contribution in [0.4, 0.5) is 0 Å². The van der Waals surface area contributed by atoms with Gasteiger partial charge in [0.25, 0.3) is 5.89 Å². The number of nitrogens with zero attached hydrogens (tertiary/aromatic N) is 3. The molecule has 4 aromatic rings.